The van der Waals surface area contributed by atoms with Crippen LogP contribution in [0.4, 0.5) is 0 Å². The Kier molecular flexibility index (Phi) is 6.85. The van der Waals surface area contributed by atoms with E-state index in [0.717, 1.165) is 26.0 Å². The molecule has 1 fully saturated rings. The van der Waals surface area contributed by atoms with Gasteiger partial charge in [0.2, 0.25) is 0 Å². The molecule has 102 valence electrons. The van der Waals surface area contributed by atoms with E-state index in [1.165, 1.54) is 25.3 Å². The van der Waals surface area contributed by atoms with Gasteiger partial charge in [0.25, 0.3) is 0 Å². The van der Waals surface area contributed by atoms with Crippen molar-refractivity contribution in [3.05, 3.63) is 0 Å². The Bertz CT molecular complexity index is 212. The highest BCUT2D eigenvalue weighted by Gasteiger charge is 2.27. The Balaban J connectivity index is 2.48. The maximum atomic E-state index is 5.61. The van der Waals surface area contributed by atoms with E-state index in [1.807, 2.05) is 0 Å². The summed E-state index contributed by atoms with van der Waals surface area (Å²) in [6.45, 7) is 8.71. The van der Waals surface area contributed by atoms with E-state index in [4.69, 9.17) is 10.5 Å². The van der Waals surface area contributed by atoms with Gasteiger partial charge in [0.05, 0.1) is 6.61 Å². The zero-order valence-corrected chi connectivity index (χ0v) is 12.4. The van der Waals surface area contributed by atoms with Gasteiger partial charge in [-0.05, 0) is 32.4 Å². The molecule has 4 heteroatoms. The van der Waals surface area contributed by atoms with Crippen LogP contribution in [0.5, 0.6) is 0 Å². The van der Waals surface area contributed by atoms with Crippen molar-refractivity contribution in [1.29, 1.82) is 0 Å². The predicted octanol–water partition coefficient (Wildman–Crippen LogP) is 1.96. The molecule has 2 N–H and O–H groups in total. The van der Waals surface area contributed by atoms with E-state index in [1.54, 1.807) is 7.11 Å². The molecule has 1 aliphatic rings. The van der Waals surface area contributed by atoms with Crippen LogP contribution >= 0.6 is 11.8 Å². The van der Waals surface area contributed by atoms with Crippen LogP contribution in [0, 0.1) is 0 Å². The van der Waals surface area contributed by atoms with Gasteiger partial charge in [-0.2, -0.15) is 11.8 Å². The average molecular weight is 260 g/mol. The van der Waals surface area contributed by atoms with E-state index in [0.29, 0.717) is 10.8 Å². The van der Waals surface area contributed by atoms with Crippen molar-refractivity contribution in [3.63, 3.8) is 0 Å². The van der Waals surface area contributed by atoms with Crippen molar-refractivity contribution in [3.8, 4) is 0 Å². The normalized spacial score (nSPS) is 23.3. The highest BCUT2D eigenvalue weighted by atomic mass is 32.2. The highest BCUT2D eigenvalue weighted by Crippen LogP contribution is 2.31. The number of nitrogens with two attached hydrogens (primary N) is 1. The van der Waals surface area contributed by atoms with Crippen LogP contribution in [0.25, 0.3) is 0 Å². The lowest BCUT2D eigenvalue weighted by atomic mass is 10.1. The lowest BCUT2D eigenvalue weighted by molar-refractivity contribution is 0.0871. The van der Waals surface area contributed by atoms with Gasteiger partial charge in [-0.3, -0.25) is 4.90 Å². The van der Waals surface area contributed by atoms with E-state index in [-0.39, 0.29) is 0 Å². The average Bonchev–Trinajstić information content (AvgIpc) is 2.46. The zero-order chi connectivity index (χ0) is 12.7. The fourth-order valence-electron chi connectivity index (χ4n) is 2.32. The molecular weight excluding hydrogens is 232 g/mol. The van der Waals surface area contributed by atoms with Gasteiger partial charge in [0.1, 0.15) is 0 Å². The lowest BCUT2D eigenvalue weighted by Gasteiger charge is -2.30. The summed E-state index contributed by atoms with van der Waals surface area (Å²) in [4.78, 5) is 2.60. The van der Waals surface area contributed by atoms with Crippen LogP contribution < -0.4 is 5.73 Å². The van der Waals surface area contributed by atoms with Crippen LogP contribution in [0.3, 0.4) is 0 Å². The van der Waals surface area contributed by atoms with E-state index >= 15 is 0 Å². The van der Waals surface area contributed by atoms with Gasteiger partial charge in [0.15, 0.2) is 0 Å². The molecule has 0 amide bonds. The van der Waals surface area contributed by atoms with Crippen LogP contribution in [0.15, 0.2) is 0 Å². The summed E-state index contributed by atoms with van der Waals surface area (Å²) in [5.41, 5.74) is 5.61. The second-order valence-electron chi connectivity index (χ2n) is 5.43. The monoisotopic (exact) mass is 260 g/mol. The van der Waals surface area contributed by atoms with Gasteiger partial charge in [-0.1, -0.05) is 13.8 Å². The first kappa shape index (κ1) is 15.3. The fraction of sp³-hybridized carbons (Fsp3) is 1.00. The summed E-state index contributed by atoms with van der Waals surface area (Å²) in [5, 5.41) is 0. The SMILES string of the molecule is COCC(CCCN)N1CCSC(C)(C)CC1. The number of ether oxygens (including phenoxy) is 1. The summed E-state index contributed by atoms with van der Waals surface area (Å²) >= 11 is 2.10. The van der Waals surface area contributed by atoms with E-state index < -0.39 is 0 Å². The first-order chi connectivity index (χ1) is 8.09. The molecule has 0 spiro atoms. The third-order valence-corrected chi connectivity index (χ3v) is 4.86. The Hall–Kier alpha value is 0.230. The molecule has 0 aromatic heterocycles. The van der Waals surface area contributed by atoms with Crippen molar-refractivity contribution in [2.75, 3.05) is 39.1 Å². The number of nitrogens with zero attached hydrogens (tertiary/aromatic N) is 1. The summed E-state index contributed by atoms with van der Waals surface area (Å²) in [7, 11) is 1.80. The van der Waals surface area contributed by atoms with Crippen LogP contribution in [-0.4, -0.2) is 54.8 Å². The Morgan fingerprint density at radius 1 is 1.41 bits per heavy atom. The molecular formula is C13H28N2OS. The van der Waals surface area contributed by atoms with Gasteiger partial charge in [-0.25, -0.2) is 0 Å². The molecule has 1 unspecified atom stereocenters. The van der Waals surface area contributed by atoms with Gasteiger partial charge in [0, 0.05) is 30.2 Å². The van der Waals surface area contributed by atoms with Crippen molar-refractivity contribution in [1.82, 2.24) is 4.90 Å². The Labute approximate surface area is 110 Å². The molecule has 1 heterocycles. The molecule has 0 aliphatic carbocycles. The van der Waals surface area contributed by atoms with Crippen LogP contribution in [0.2, 0.25) is 0 Å². The minimum absolute atomic E-state index is 0.431. The first-order valence-corrected chi connectivity index (χ1v) is 7.64. The minimum Gasteiger partial charge on any atom is -0.383 e. The number of methoxy groups -OCH3 is 1. The zero-order valence-electron chi connectivity index (χ0n) is 11.6. The molecule has 0 bridgehead atoms. The molecule has 0 aromatic carbocycles. The van der Waals surface area contributed by atoms with Gasteiger partial charge < -0.3 is 10.5 Å². The quantitative estimate of drug-likeness (QED) is 0.792. The topological polar surface area (TPSA) is 38.5 Å². The molecule has 1 aliphatic heterocycles. The first-order valence-electron chi connectivity index (χ1n) is 6.66. The smallest absolute Gasteiger partial charge is 0.0618 e. The fourth-order valence-corrected chi connectivity index (χ4v) is 3.43. The standard InChI is InChI=1S/C13H28N2OS/c1-13(2)6-8-15(9-10-17-13)12(11-16-3)5-4-7-14/h12H,4-11,14H2,1-3H3. The Morgan fingerprint density at radius 2 is 2.18 bits per heavy atom. The van der Waals surface area contributed by atoms with Crippen LogP contribution in [0.1, 0.15) is 33.1 Å². The van der Waals surface area contributed by atoms with Crippen molar-refractivity contribution in [2.45, 2.75) is 43.9 Å². The minimum atomic E-state index is 0.431. The molecule has 1 rings (SSSR count). The maximum absolute atomic E-state index is 5.61. The van der Waals surface area contributed by atoms with E-state index in [2.05, 4.69) is 30.5 Å². The Morgan fingerprint density at radius 3 is 2.82 bits per heavy atom. The van der Waals surface area contributed by atoms with Crippen LogP contribution in [-0.2, 0) is 4.74 Å². The predicted molar refractivity (Wildman–Crippen MR) is 76.7 cm³/mol. The third-order valence-electron chi connectivity index (χ3n) is 3.49. The molecule has 17 heavy (non-hydrogen) atoms. The summed E-state index contributed by atoms with van der Waals surface area (Å²) in [6, 6.07) is 0.554. The molecule has 1 saturated heterocycles. The van der Waals surface area contributed by atoms with E-state index in [9.17, 15) is 0 Å². The number of hydrogen-bond donors (Lipinski definition) is 1. The summed E-state index contributed by atoms with van der Waals surface area (Å²) in [5.74, 6) is 1.23. The van der Waals surface area contributed by atoms with Crippen molar-refractivity contribution >= 4 is 11.8 Å². The second-order valence-corrected chi connectivity index (χ2v) is 7.24. The van der Waals surface area contributed by atoms with Crippen molar-refractivity contribution < 1.29 is 4.74 Å². The summed E-state index contributed by atoms with van der Waals surface area (Å²) in [6.07, 6.45) is 3.52. The molecule has 0 radical (unpaired) electrons. The molecule has 0 saturated carbocycles. The maximum Gasteiger partial charge on any atom is 0.0618 e. The largest absolute Gasteiger partial charge is 0.383 e. The molecule has 0 aromatic rings. The second kappa shape index (κ2) is 7.62. The summed E-state index contributed by atoms with van der Waals surface area (Å²) < 4.78 is 5.79. The highest BCUT2D eigenvalue weighted by molar-refractivity contribution is 8.00. The molecule has 1 atom stereocenters. The van der Waals surface area contributed by atoms with Crippen molar-refractivity contribution in [2.24, 2.45) is 5.73 Å². The number of hydrogen-bond acceptors (Lipinski definition) is 4. The number of thioether (sulfide) groups is 1. The van der Waals surface area contributed by atoms with Gasteiger partial charge >= 0.3 is 0 Å². The number of rotatable bonds is 6. The van der Waals surface area contributed by atoms with Gasteiger partial charge in [-0.15, -0.1) is 0 Å². The molecule has 3 nitrogen and oxygen atoms in total. The lowest BCUT2D eigenvalue weighted by Crippen LogP contribution is -2.40. The third kappa shape index (κ3) is 5.60.